The highest BCUT2D eigenvalue weighted by Crippen LogP contribution is 2.40. The molecule has 0 atom stereocenters. The molecule has 5 heteroatoms. The summed E-state index contributed by atoms with van der Waals surface area (Å²) in [6.45, 7) is 2.15. The number of rotatable bonds is 6. The Morgan fingerprint density at radius 3 is 1.65 bits per heavy atom. The monoisotopic (exact) mass is 667 g/mol. The molecule has 0 amide bonds. The molecule has 10 aromatic rings. The lowest BCUT2D eigenvalue weighted by molar-refractivity contribution is 1.03. The highest BCUT2D eigenvalue weighted by molar-refractivity contribution is 6.12. The van der Waals surface area contributed by atoms with Crippen molar-refractivity contribution >= 4 is 60.8 Å². The molecule has 0 N–H and O–H groups in total. The number of benzene rings is 7. The standard InChI is InChI=1S/C47H33N5/c1-32-16-8-12-24-40(32)51(34-19-6-3-7-20-34)45-31-46(49-47(48-45)33-17-4-2-5-18-33)52-43-27-15-11-23-38(43)39-30-35(28-29-44(39)52)50-41-25-13-9-21-36(41)37-22-10-14-26-42(37)50/h2-31H,1H3. The minimum Gasteiger partial charge on any atom is -0.309 e. The summed E-state index contributed by atoms with van der Waals surface area (Å²) in [5.41, 5.74) is 9.87. The van der Waals surface area contributed by atoms with Crippen LogP contribution >= 0.6 is 0 Å². The molecule has 0 unspecified atom stereocenters. The van der Waals surface area contributed by atoms with Crippen LogP contribution in [0.2, 0.25) is 0 Å². The molecular weight excluding hydrogens is 635 g/mol. The lowest BCUT2D eigenvalue weighted by atomic mass is 10.1. The topological polar surface area (TPSA) is 38.9 Å². The predicted octanol–water partition coefficient (Wildman–Crippen LogP) is 12.1. The molecular formula is C47H33N5. The van der Waals surface area contributed by atoms with Crippen LogP contribution in [0.4, 0.5) is 17.2 Å². The van der Waals surface area contributed by atoms with E-state index in [0.29, 0.717) is 5.82 Å². The first-order valence-corrected chi connectivity index (χ1v) is 17.6. The summed E-state index contributed by atoms with van der Waals surface area (Å²) in [4.78, 5) is 12.8. The molecule has 7 aromatic carbocycles. The Balaban J connectivity index is 1.25. The second-order valence-corrected chi connectivity index (χ2v) is 13.2. The van der Waals surface area contributed by atoms with Crippen molar-refractivity contribution in [3.05, 3.63) is 188 Å². The van der Waals surface area contributed by atoms with Crippen molar-refractivity contribution in [2.75, 3.05) is 4.90 Å². The van der Waals surface area contributed by atoms with Gasteiger partial charge in [-0.3, -0.25) is 9.47 Å². The van der Waals surface area contributed by atoms with Gasteiger partial charge in [0.2, 0.25) is 0 Å². The van der Waals surface area contributed by atoms with E-state index in [1.54, 1.807) is 0 Å². The third kappa shape index (κ3) is 4.78. The molecule has 0 radical (unpaired) electrons. The van der Waals surface area contributed by atoms with Crippen LogP contribution in [0.5, 0.6) is 0 Å². The van der Waals surface area contributed by atoms with Gasteiger partial charge in [0.1, 0.15) is 11.6 Å². The number of hydrogen-bond donors (Lipinski definition) is 0. The molecule has 3 aromatic heterocycles. The average Bonchev–Trinajstić information content (AvgIpc) is 3.72. The normalized spacial score (nSPS) is 11.6. The Morgan fingerprint density at radius 2 is 0.981 bits per heavy atom. The zero-order valence-electron chi connectivity index (χ0n) is 28.6. The summed E-state index contributed by atoms with van der Waals surface area (Å²) < 4.78 is 4.67. The number of anilines is 3. The summed E-state index contributed by atoms with van der Waals surface area (Å²) in [7, 11) is 0. The third-order valence-electron chi connectivity index (χ3n) is 10.1. The van der Waals surface area contributed by atoms with Crippen molar-refractivity contribution in [1.82, 2.24) is 19.1 Å². The van der Waals surface area contributed by atoms with Crippen molar-refractivity contribution < 1.29 is 0 Å². The van der Waals surface area contributed by atoms with Crippen LogP contribution in [0.15, 0.2) is 182 Å². The second kappa shape index (κ2) is 12.1. The van der Waals surface area contributed by atoms with Gasteiger partial charge < -0.3 is 4.57 Å². The minimum atomic E-state index is 0.662. The van der Waals surface area contributed by atoms with Crippen LogP contribution in [-0.2, 0) is 0 Å². The lowest BCUT2D eigenvalue weighted by Gasteiger charge is -2.26. The van der Waals surface area contributed by atoms with E-state index in [1.165, 1.54) is 27.2 Å². The van der Waals surface area contributed by atoms with Crippen molar-refractivity contribution in [2.45, 2.75) is 6.92 Å². The first kappa shape index (κ1) is 29.9. The van der Waals surface area contributed by atoms with Crippen molar-refractivity contribution in [1.29, 1.82) is 0 Å². The number of nitrogens with zero attached hydrogens (tertiary/aromatic N) is 5. The number of aryl methyl sites for hydroxylation is 1. The van der Waals surface area contributed by atoms with Gasteiger partial charge in [0.05, 0.1) is 27.8 Å². The molecule has 10 rings (SSSR count). The summed E-state index contributed by atoms with van der Waals surface area (Å²) in [6, 6.07) is 64.1. The van der Waals surface area contributed by atoms with E-state index in [2.05, 4.69) is 179 Å². The van der Waals surface area contributed by atoms with E-state index in [1.807, 2.05) is 24.3 Å². The molecule has 5 nitrogen and oxygen atoms in total. The van der Waals surface area contributed by atoms with Gasteiger partial charge in [0, 0.05) is 44.5 Å². The van der Waals surface area contributed by atoms with Gasteiger partial charge in [-0.1, -0.05) is 121 Å². The average molecular weight is 668 g/mol. The SMILES string of the molecule is Cc1ccccc1N(c1ccccc1)c1cc(-n2c3ccccc3c3cc(-n4c5ccccc5c5ccccc54)ccc32)nc(-c2ccccc2)n1. The van der Waals surface area contributed by atoms with Crippen LogP contribution in [0, 0.1) is 6.92 Å². The van der Waals surface area contributed by atoms with Gasteiger partial charge in [-0.15, -0.1) is 0 Å². The summed E-state index contributed by atoms with van der Waals surface area (Å²) >= 11 is 0. The Kier molecular flexibility index (Phi) is 6.96. The highest BCUT2D eigenvalue weighted by Gasteiger charge is 2.22. The van der Waals surface area contributed by atoms with Crippen LogP contribution in [0.1, 0.15) is 5.56 Å². The number of para-hydroxylation sites is 5. The molecule has 3 heterocycles. The molecule has 246 valence electrons. The first-order chi connectivity index (χ1) is 25.7. The van der Waals surface area contributed by atoms with E-state index in [-0.39, 0.29) is 0 Å². The Hall–Kier alpha value is -6.98. The number of aromatic nitrogens is 4. The van der Waals surface area contributed by atoms with Gasteiger partial charge in [0.15, 0.2) is 5.82 Å². The lowest BCUT2D eigenvalue weighted by Crippen LogP contribution is -2.15. The van der Waals surface area contributed by atoms with E-state index in [4.69, 9.17) is 9.97 Å². The van der Waals surface area contributed by atoms with Crippen LogP contribution in [-0.4, -0.2) is 19.1 Å². The fraction of sp³-hybridized carbons (Fsp3) is 0.0213. The minimum absolute atomic E-state index is 0.662. The molecule has 0 saturated carbocycles. The first-order valence-electron chi connectivity index (χ1n) is 17.6. The molecule has 0 aliphatic heterocycles. The maximum atomic E-state index is 5.31. The Bertz CT molecular complexity index is 2870. The molecule has 0 bridgehead atoms. The number of hydrogen-bond acceptors (Lipinski definition) is 3. The van der Waals surface area contributed by atoms with Gasteiger partial charge in [-0.05, 0) is 67.1 Å². The maximum absolute atomic E-state index is 5.31. The van der Waals surface area contributed by atoms with Crippen LogP contribution in [0.25, 0.3) is 66.5 Å². The molecule has 0 spiro atoms. The van der Waals surface area contributed by atoms with Crippen LogP contribution < -0.4 is 4.90 Å². The second-order valence-electron chi connectivity index (χ2n) is 13.2. The molecule has 0 saturated heterocycles. The summed E-state index contributed by atoms with van der Waals surface area (Å²) in [6.07, 6.45) is 0. The van der Waals surface area contributed by atoms with Crippen LogP contribution in [0.3, 0.4) is 0 Å². The summed E-state index contributed by atoms with van der Waals surface area (Å²) in [5, 5.41) is 4.83. The highest BCUT2D eigenvalue weighted by atomic mass is 15.2. The third-order valence-corrected chi connectivity index (χ3v) is 10.1. The van der Waals surface area contributed by atoms with Gasteiger partial charge in [0.25, 0.3) is 0 Å². The van der Waals surface area contributed by atoms with Gasteiger partial charge in [-0.25, -0.2) is 9.97 Å². The van der Waals surface area contributed by atoms with Crippen molar-refractivity contribution in [2.24, 2.45) is 0 Å². The van der Waals surface area contributed by atoms with E-state index < -0.39 is 0 Å². The fourth-order valence-corrected chi connectivity index (χ4v) is 7.70. The quantitative estimate of drug-likeness (QED) is 0.177. The maximum Gasteiger partial charge on any atom is 0.163 e. The van der Waals surface area contributed by atoms with Gasteiger partial charge in [-0.2, -0.15) is 0 Å². The van der Waals surface area contributed by atoms with Crippen molar-refractivity contribution in [3.8, 4) is 22.9 Å². The molecule has 0 aliphatic rings. The van der Waals surface area contributed by atoms with E-state index in [0.717, 1.165) is 56.2 Å². The Morgan fingerprint density at radius 1 is 0.442 bits per heavy atom. The summed E-state index contributed by atoms with van der Waals surface area (Å²) in [5.74, 6) is 2.25. The predicted molar refractivity (Wildman–Crippen MR) is 216 cm³/mol. The molecule has 0 aliphatic carbocycles. The number of fused-ring (bicyclic) bond motifs is 6. The van der Waals surface area contributed by atoms with E-state index >= 15 is 0 Å². The smallest absolute Gasteiger partial charge is 0.163 e. The largest absolute Gasteiger partial charge is 0.309 e. The van der Waals surface area contributed by atoms with Crippen molar-refractivity contribution in [3.63, 3.8) is 0 Å². The zero-order chi connectivity index (χ0) is 34.6. The fourth-order valence-electron chi connectivity index (χ4n) is 7.70. The molecule has 52 heavy (non-hydrogen) atoms. The Labute approximate surface area is 301 Å². The zero-order valence-corrected chi connectivity index (χ0v) is 28.6. The molecule has 0 fully saturated rings. The van der Waals surface area contributed by atoms with Gasteiger partial charge >= 0.3 is 0 Å². The van der Waals surface area contributed by atoms with E-state index in [9.17, 15) is 0 Å².